The van der Waals surface area contributed by atoms with Crippen LogP contribution in [0.1, 0.15) is 0 Å². The van der Waals surface area contributed by atoms with Crippen molar-refractivity contribution in [3.05, 3.63) is 24.3 Å². The van der Waals surface area contributed by atoms with Crippen LogP contribution in [0.3, 0.4) is 0 Å². The molecule has 9 heavy (non-hydrogen) atoms. The van der Waals surface area contributed by atoms with Crippen molar-refractivity contribution in [1.29, 1.82) is 0 Å². The van der Waals surface area contributed by atoms with Gasteiger partial charge in [0.2, 0.25) is 8.83 Å². The second-order valence-electron chi connectivity index (χ2n) is 1.72. The smallest absolute Gasteiger partial charge is 0.210 e. The lowest BCUT2D eigenvalue weighted by Crippen LogP contribution is -2.07. The lowest BCUT2D eigenvalue weighted by atomic mass is 10.3. The number of nitrogens with two attached hydrogens (primary N) is 1. The molecule has 46 valence electrons. The third-order valence-corrected chi connectivity index (χ3v) is 2.23. The first-order valence-corrected chi connectivity index (χ1v) is 4.56. The number of nitrogen functional groups attached to an aromatic ring is 1. The SMILES string of the molecule is Nc1ccc([Si]Cl)cc1. The van der Waals surface area contributed by atoms with Crippen molar-refractivity contribution < 1.29 is 0 Å². The molecule has 2 N–H and O–H groups in total. The lowest BCUT2D eigenvalue weighted by molar-refractivity contribution is 1.73. The summed E-state index contributed by atoms with van der Waals surface area (Å²) in [4.78, 5) is 0. The van der Waals surface area contributed by atoms with E-state index in [4.69, 9.17) is 16.8 Å². The standard InChI is InChI=1S/C6H6ClNSi/c7-9-6-3-1-5(8)2-4-6/h1-4H,8H2. The molecule has 0 fully saturated rings. The fraction of sp³-hybridized carbons (Fsp3) is 0. The van der Waals surface area contributed by atoms with Crippen molar-refractivity contribution in [1.82, 2.24) is 0 Å². The van der Waals surface area contributed by atoms with Gasteiger partial charge in [0.15, 0.2) is 0 Å². The molecule has 0 unspecified atom stereocenters. The van der Waals surface area contributed by atoms with Gasteiger partial charge in [0.05, 0.1) is 0 Å². The van der Waals surface area contributed by atoms with Gasteiger partial charge in [-0.25, -0.2) is 0 Å². The van der Waals surface area contributed by atoms with Crippen molar-refractivity contribution in [2.24, 2.45) is 0 Å². The molecule has 0 atom stereocenters. The number of benzene rings is 1. The van der Waals surface area contributed by atoms with E-state index in [0.717, 1.165) is 10.9 Å². The van der Waals surface area contributed by atoms with E-state index in [1.165, 1.54) is 0 Å². The third-order valence-electron chi connectivity index (χ3n) is 1.02. The van der Waals surface area contributed by atoms with E-state index >= 15 is 0 Å². The maximum atomic E-state index is 5.57. The minimum absolute atomic E-state index is 0.343. The number of hydrogen-bond acceptors (Lipinski definition) is 1. The normalized spacial score (nSPS) is 9.44. The molecule has 0 spiro atoms. The van der Waals surface area contributed by atoms with Crippen LogP contribution in [0.4, 0.5) is 5.69 Å². The molecule has 0 amide bonds. The Morgan fingerprint density at radius 1 is 1.22 bits per heavy atom. The largest absolute Gasteiger partial charge is 0.399 e. The predicted molar refractivity (Wildman–Crippen MR) is 42.1 cm³/mol. The van der Waals surface area contributed by atoms with Gasteiger partial charge < -0.3 is 5.73 Å². The van der Waals surface area contributed by atoms with Crippen LogP contribution in [-0.2, 0) is 0 Å². The number of anilines is 1. The van der Waals surface area contributed by atoms with Crippen molar-refractivity contribution in [3.63, 3.8) is 0 Å². The third kappa shape index (κ3) is 1.73. The molecule has 1 aromatic rings. The van der Waals surface area contributed by atoms with Crippen LogP contribution < -0.4 is 10.9 Å². The quantitative estimate of drug-likeness (QED) is 0.362. The Hall–Kier alpha value is -0.473. The van der Waals surface area contributed by atoms with Crippen molar-refractivity contribution >= 4 is 30.8 Å². The van der Waals surface area contributed by atoms with E-state index in [2.05, 4.69) is 0 Å². The summed E-state index contributed by atoms with van der Waals surface area (Å²) in [6, 6.07) is 7.57. The van der Waals surface area contributed by atoms with Crippen LogP contribution >= 0.6 is 11.1 Å². The van der Waals surface area contributed by atoms with Gasteiger partial charge in [0.1, 0.15) is 0 Å². The topological polar surface area (TPSA) is 26.0 Å². The van der Waals surface area contributed by atoms with E-state index in [9.17, 15) is 0 Å². The van der Waals surface area contributed by atoms with Crippen LogP contribution in [0.2, 0.25) is 0 Å². The van der Waals surface area contributed by atoms with E-state index in [-0.39, 0.29) is 0 Å². The highest BCUT2D eigenvalue weighted by atomic mass is 35.6. The Morgan fingerprint density at radius 3 is 2.22 bits per heavy atom. The molecular weight excluding hydrogens is 150 g/mol. The van der Waals surface area contributed by atoms with Gasteiger partial charge in [-0.1, -0.05) is 12.1 Å². The molecule has 1 aromatic carbocycles. The minimum atomic E-state index is 0.343. The van der Waals surface area contributed by atoms with Crippen molar-refractivity contribution in [2.45, 2.75) is 0 Å². The summed E-state index contributed by atoms with van der Waals surface area (Å²) >= 11 is 5.57. The van der Waals surface area contributed by atoms with Crippen LogP contribution in [0.5, 0.6) is 0 Å². The highest BCUT2D eigenvalue weighted by Gasteiger charge is 1.88. The molecule has 0 aromatic heterocycles. The van der Waals surface area contributed by atoms with Gasteiger partial charge in [-0.2, -0.15) is 11.1 Å². The zero-order valence-corrected chi connectivity index (χ0v) is 6.52. The zero-order chi connectivity index (χ0) is 6.69. The Balaban J connectivity index is 2.88. The molecule has 0 aliphatic rings. The fourth-order valence-electron chi connectivity index (χ4n) is 0.546. The van der Waals surface area contributed by atoms with Gasteiger partial charge in [0, 0.05) is 5.69 Å². The highest BCUT2D eigenvalue weighted by Crippen LogP contribution is 1.95. The Bertz CT molecular complexity index is 185. The average molecular weight is 156 g/mol. The van der Waals surface area contributed by atoms with Crippen LogP contribution in [0.25, 0.3) is 0 Å². The summed E-state index contributed by atoms with van der Waals surface area (Å²) in [5, 5.41) is 1.13. The van der Waals surface area contributed by atoms with Crippen molar-refractivity contribution in [2.75, 3.05) is 5.73 Å². The molecule has 1 nitrogen and oxygen atoms in total. The Kier molecular flexibility index (Phi) is 2.14. The van der Waals surface area contributed by atoms with E-state index in [0.29, 0.717) is 8.83 Å². The average Bonchev–Trinajstić information content (AvgIpc) is 1.90. The predicted octanol–water partition coefficient (Wildman–Crippen LogP) is 0.752. The first-order chi connectivity index (χ1) is 4.33. The van der Waals surface area contributed by atoms with Crippen LogP contribution in [0, 0.1) is 0 Å². The number of hydrogen-bond donors (Lipinski definition) is 1. The summed E-state index contributed by atoms with van der Waals surface area (Å²) in [6.07, 6.45) is 0. The van der Waals surface area contributed by atoms with Gasteiger partial charge in [-0.15, -0.1) is 0 Å². The zero-order valence-electron chi connectivity index (χ0n) is 4.76. The summed E-state index contributed by atoms with van der Waals surface area (Å²) in [5.74, 6) is 0. The van der Waals surface area contributed by atoms with E-state index < -0.39 is 0 Å². The molecular formula is C6H6ClNSi. The van der Waals surface area contributed by atoms with Crippen LogP contribution in [0.15, 0.2) is 24.3 Å². The Labute approximate surface area is 61.4 Å². The number of halogens is 1. The molecule has 0 heterocycles. The summed E-state index contributed by atoms with van der Waals surface area (Å²) in [6.45, 7) is 0. The maximum Gasteiger partial charge on any atom is 0.210 e. The molecule has 2 radical (unpaired) electrons. The van der Waals surface area contributed by atoms with Gasteiger partial charge >= 0.3 is 0 Å². The molecule has 0 saturated carbocycles. The highest BCUT2D eigenvalue weighted by molar-refractivity contribution is 7.01. The Morgan fingerprint density at radius 2 is 1.78 bits per heavy atom. The van der Waals surface area contributed by atoms with E-state index in [1.54, 1.807) is 0 Å². The molecule has 0 saturated heterocycles. The molecule has 0 aliphatic heterocycles. The van der Waals surface area contributed by atoms with Gasteiger partial charge in [0.25, 0.3) is 0 Å². The maximum absolute atomic E-state index is 5.57. The second kappa shape index (κ2) is 2.89. The number of rotatable bonds is 1. The van der Waals surface area contributed by atoms with Gasteiger partial charge in [-0.05, 0) is 17.3 Å². The fourth-order valence-corrected chi connectivity index (χ4v) is 1.22. The summed E-state index contributed by atoms with van der Waals surface area (Å²) in [7, 11) is 0.343. The first-order valence-electron chi connectivity index (χ1n) is 2.55. The molecule has 1 rings (SSSR count). The summed E-state index contributed by atoms with van der Waals surface area (Å²) in [5.41, 5.74) is 6.23. The molecule has 0 aliphatic carbocycles. The monoisotopic (exact) mass is 155 g/mol. The molecule has 0 bridgehead atoms. The van der Waals surface area contributed by atoms with Crippen molar-refractivity contribution in [3.8, 4) is 0 Å². The summed E-state index contributed by atoms with van der Waals surface area (Å²) < 4.78 is 0. The second-order valence-corrected chi connectivity index (χ2v) is 3.05. The minimum Gasteiger partial charge on any atom is -0.399 e. The van der Waals surface area contributed by atoms with E-state index in [1.807, 2.05) is 24.3 Å². The van der Waals surface area contributed by atoms with Gasteiger partial charge in [-0.3, -0.25) is 0 Å². The molecule has 3 heteroatoms. The first kappa shape index (κ1) is 6.64. The van der Waals surface area contributed by atoms with Crippen LogP contribution in [-0.4, -0.2) is 8.83 Å². The lowest BCUT2D eigenvalue weighted by Gasteiger charge is -1.92.